The van der Waals surface area contributed by atoms with Gasteiger partial charge >= 0.3 is 5.97 Å². The molecule has 0 bridgehead atoms. The van der Waals surface area contributed by atoms with Gasteiger partial charge in [-0.15, -0.1) is 0 Å². The Labute approximate surface area is 149 Å². The molecule has 1 N–H and O–H groups in total. The third kappa shape index (κ3) is 4.33. The van der Waals surface area contributed by atoms with Gasteiger partial charge in [-0.3, -0.25) is 9.69 Å². The summed E-state index contributed by atoms with van der Waals surface area (Å²) in [6.07, 6.45) is 5.02. The molecule has 2 fully saturated rings. The second-order valence-corrected chi connectivity index (χ2v) is 7.63. The summed E-state index contributed by atoms with van der Waals surface area (Å²) >= 11 is 0. The second kappa shape index (κ2) is 7.75. The quantitative estimate of drug-likeness (QED) is 0.782. The molecule has 1 saturated carbocycles. The fourth-order valence-electron chi connectivity index (χ4n) is 4.12. The average molecular weight is 347 g/mol. The van der Waals surface area contributed by atoms with Gasteiger partial charge in [0.15, 0.2) is 0 Å². The van der Waals surface area contributed by atoms with Crippen LogP contribution in [0.2, 0.25) is 0 Å². The van der Waals surface area contributed by atoms with Crippen LogP contribution in [0.3, 0.4) is 0 Å². The molecule has 5 nitrogen and oxygen atoms in total. The van der Waals surface area contributed by atoms with Crippen molar-refractivity contribution in [3.63, 3.8) is 0 Å². The van der Waals surface area contributed by atoms with Gasteiger partial charge in [-0.25, -0.2) is 0 Å². The normalized spacial score (nSPS) is 24.2. The lowest BCUT2D eigenvalue weighted by Gasteiger charge is -2.40. The molecule has 1 aromatic carbocycles. The van der Waals surface area contributed by atoms with E-state index < -0.39 is 11.4 Å². The third-order valence-corrected chi connectivity index (χ3v) is 5.54. The van der Waals surface area contributed by atoms with E-state index in [1.54, 1.807) is 14.2 Å². The van der Waals surface area contributed by atoms with E-state index in [0.29, 0.717) is 19.1 Å². The van der Waals surface area contributed by atoms with Crippen molar-refractivity contribution in [1.29, 1.82) is 0 Å². The van der Waals surface area contributed by atoms with Gasteiger partial charge in [0.25, 0.3) is 0 Å². The summed E-state index contributed by atoms with van der Waals surface area (Å²) in [6, 6.07) is 6.15. The second-order valence-electron chi connectivity index (χ2n) is 7.63. The lowest BCUT2D eigenvalue weighted by Crippen LogP contribution is -2.47. The zero-order valence-electron chi connectivity index (χ0n) is 15.3. The van der Waals surface area contributed by atoms with Gasteiger partial charge in [0, 0.05) is 25.8 Å². The summed E-state index contributed by atoms with van der Waals surface area (Å²) in [5.41, 5.74) is 1.66. The SMILES string of the molecule is COCc1cc(CN2CCC[C@](CC3CC3)(C(=O)O)C2)ccc1OC. The predicted molar refractivity (Wildman–Crippen MR) is 95.6 cm³/mol. The highest BCUT2D eigenvalue weighted by atomic mass is 16.5. The number of rotatable bonds is 8. The van der Waals surface area contributed by atoms with E-state index in [1.807, 2.05) is 6.07 Å². The zero-order chi connectivity index (χ0) is 17.9. The Kier molecular flexibility index (Phi) is 5.64. The van der Waals surface area contributed by atoms with Crippen LogP contribution in [0.15, 0.2) is 18.2 Å². The number of benzene rings is 1. The topological polar surface area (TPSA) is 59.0 Å². The number of piperidine rings is 1. The first-order valence-electron chi connectivity index (χ1n) is 9.17. The largest absolute Gasteiger partial charge is 0.496 e. The summed E-state index contributed by atoms with van der Waals surface area (Å²) in [6.45, 7) is 2.91. The minimum Gasteiger partial charge on any atom is -0.496 e. The summed E-state index contributed by atoms with van der Waals surface area (Å²) in [5.74, 6) is 0.849. The molecule has 0 aromatic heterocycles. The van der Waals surface area contributed by atoms with Gasteiger partial charge in [-0.1, -0.05) is 18.9 Å². The fraction of sp³-hybridized carbons (Fsp3) is 0.650. The maximum absolute atomic E-state index is 12.0. The van der Waals surface area contributed by atoms with Crippen LogP contribution in [0, 0.1) is 11.3 Å². The molecule has 25 heavy (non-hydrogen) atoms. The zero-order valence-corrected chi connectivity index (χ0v) is 15.3. The van der Waals surface area contributed by atoms with Crippen LogP contribution in [0.5, 0.6) is 5.75 Å². The molecule has 0 unspecified atom stereocenters. The van der Waals surface area contributed by atoms with Crippen molar-refractivity contribution < 1.29 is 19.4 Å². The molecule has 1 atom stereocenters. The van der Waals surface area contributed by atoms with Gasteiger partial charge in [-0.2, -0.15) is 0 Å². The molecular weight excluding hydrogens is 318 g/mol. The smallest absolute Gasteiger partial charge is 0.310 e. The molecule has 138 valence electrons. The van der Waals surface area contributed by atoms with Gasteiger partial charge in [-0.05, 0) is 49.4 Å². The molecule has 0 radical (unpaired) electrons. The predicted octanol–water partition coefficient (Wildman–Crippen LogP) is 3.31. The fourth-order valence-corrected chi connectivity index (χ4v) is 4.12. The Hall–Kier alpha value is -1.59. The van der Waals surface area contributed by atoms with E-state index in [1.165, 1.54) is 18.4 Å². The highest BCUT2D eigenvalue weighted by molar-refractivity contribution is 5.75. The Morgan fingerprint density at radius 1 is 1.36 bits per heavy atom. The minimum absolute atomic E-state index is 0.512. The summed E-state index contributed by atoms with van der Waals surface area (Å²) in [7, 11) is 3.34. The molecular formula is C20H29NO4. The first kappa shape index (κ1) is 18.2. The van der Waals surface area contributed by atoms with E-state index in [-0.39, 0.29) is 0 Å². The molecule has 2 aliphatic rings. The van der Waals surface area contributed by atoms with Crippen molar-refractivity contribution in [2.24, 2.45) is 11.3 Å². The lowest BCUT2D eigenvalue weighted by molar-refractivity contribution is -0.153. The maximum Gasteiger partial charge on any atom is 0.310 e. The van der Waals surface area contributed by atoms with Crippen molar-refractivity contribution in [1.82, 2.24) is 4.90 Å². The summed E-state index contributed by atoms with van der Waals surface area (Å²) < 4.78 is 10.6. The number of methoxy groups -OCH3 is 2. The van der Waals surface area contributed by atoms with Gasteiger partial charge in [0.1, 0.15) is 5.75 Å². The minimum atomic E-state index is -0.612. The molecule has 1 aliphatic heterocycles. The Bertz CT molecular complexity index is 614. The molecule has 3 rings (SSSR count). The molecule has 1 aliphatic carbocycles. The van der Waals surface area contributed by atoms with Crippen molar-refractivity contribution in [2.75, 3.05) is 27.3 Å². The Morgan fingerprint density at radius 2 is 2.16 bits per heavy atom. The number of hydrogen-bond acceptors (Lipinski definition) is 4. The van der Waals surface area contributed by atoms with Crippen molar-refractivity contribution in [3.05, 3.63) is 29.3 Å². The van der Waals surface area contributed by atoms with Crippen LogP contribution in [-0.2, 0) is 22.7 Å². The lowest BCUT2D eigenvalue weighted by atomic mass is 9.75. The Balaban J connectivity index is 1.71. The van der Waals surface area contributed by atoms with Crippen LogP contribution in [0.25, 0.3) is 0 Å². The highest BCUT2D eigenvalue weighted by Gasteiger charge is 2.45. The standard InChI is InChI=1S/C20H29NO4/c1-24-13-17-10-16(6-7-18(17)25-2)12-21-9-3-8-20(14-21,19(22)23)11-15-4-5-15/h6-7,10,15H,3-5,8-9,11-14H2,1-2H3,(H,22,23)/t20-/m1/s1. The number of ether oxygens (including phenoxy) is 2. The van der Waals surface area contributed by atoms with Crippen LogP contribution >= 0.6 is 0 Å². The number of carboxylic acids is 1. The highest BCUT2D eigenvalue weighted by Crippen LogP contribution is 2.45. The monoisotopic (exact) mass is 347 g/mol. The molecule has 1 saturated heterocycles. The summed E-state index contributed by atoms with van der Waals surface area (Å²) in [4.78, 5) is 14.3. The first-order valence-corrected chi connectivity index (χ1v) is 9.17. The number of carboxylic acid groups (broad SMARTS) is 1. The molecule has 0 amide bonds. The number of likely N-dealkylation sites (tertiary alicyclic amines) is 1. The number of nitrogens with zero attached hydrogens (tertiary/aromatic N) is 1. The molecule has 5 heteroatoms. The van der Waals surface area contributed by atoms with E-state index in [4.69, 9.17) is 9.47 Å². The van der Waals surface area contributed by atoms with E-state index >= 15 is 0 Å². The third-order valence-electron chi connectivity index (χ3n) is 5.54. The average Bonchev–Trinajstić information content (AvgIpc) is 3.39. The number of hydrogen-bond donors (Lipinski definition) is 1. The van der Waals surface area contributed by atoms with Crippen LogP contribution in [0.1, 0.15) is 43.2 Å². The van der Waals surface area contributed by atoms with Crippen LogP contribution in [-0.4, -0.2) is 43.3 Å². The van der Waals surface area contributed by atoms with E-state index in [2.05, 4.69) is 17.0 Å². The van der Waals surface area contributed by atoms with Gasteiger partial charge < -0.3 is 14.6 Å². The van der Waals surface area contributed by atoms with E-state index in [9.17, 15) is 9.90 Å². The first-order chi connectivity index (χ1) is 12.1. The van der Waals surface area contributed by atoms with Crippen LogP contribution in [0.4, 0.5) is 0 Å². The Morgan fingerprint density at radius 3 is 2.80 bits per heavy atom. The molecule has 0 spiro atoms. The van der Waals surface area contributed by atoms with Crippen molar-refractivity contribution in [2.45, 2.75) is 45.3 Å². The summed E-state index contributed by atoms with van der Waals surface area (Å²) in [5, 5.41) is 9.87. The number of aliphatic carboxylic acids is 1. The van der Waals surface area contributed by atoms with Crippen LogP contribution < -0.4 is 4.74 Å². The molecule has 1 heterocycles. The van der Waals surface area contributed by atoms with Crippen molar-refractivity contribution in [3.8, 4) is 5.75 Å². The maximum atomic E-state index is 12.0. The molecule has 1 aromatic rings. The van der Waals surface area contributed by atoms with Crippen molar-refractivity contribution >= 4 is 5.97 Å². The van der Waals surface area contributed by atoms with Gasteiger partial charge in [0.2, 0.25) is 0 Å². The number of carbonyl (C=O) groups is 1. The van der Waals surface area contributed by atoms with E-state index in [0.717, 1.165) is 43.7 Å². The van der Waals surface area contributed by atoms with Gasteiger partial charge in [0.05, 0.1) is 19.1 Å².